The van der Waals surface area contributed by atoms with Crippen LogP contribution in [0, 0.1) is 0 Å². The molecule has 111 heavy (non-hydrogen) atoms. The molecule has 2 aliphatic heterocycles. The van der Waals surface area contributed by atoms with Crippen molar-refractivity contribution >= 4 is 96.3 Å². The number of ether oxygens (including phenoxy) is 17. The molecule has 0 fully saturated rings. The number of amides is 6. The van der Waals surface area contributed by atoms with Crippen LogP contribution in [0.15, 0.2) is 71.6 Å². The number of carbonyl (C=O) groups is 7. The van der Waals surface area contributed by atoms with E-state index in [0.29, 0.717) is 281 Å². The number of hydrogen-bond acceptors (Lipinski definition) is 25. The molecular formula is C81H112N4O25S. The molecule has 30 heteroatoms. The van der Waals surface area contributed by atoms with Gasteiger partial charge >= 0.3 is 5.97 Å². The summed E-state index contributed by atoms with van der Waals surface area (Å²) >= 11 is 1.16. The number of hydrogen-bond donors (Lipinski definition) is 3. The van der Waals surface area contributed by atoms with E-state index in [1.165, 1.54) is 16.7 Å². The molecular weight excluding hydrogens is 1460 g/mol. The number of methoxy groups -OCH3 is 1. The third-order valence-electron chi connectivity index (χ3n) is 18.6. The molecule has 2 atom stereocenters. The van der Waals surface area contributed by atoms with Gasteiger partial charge in [-0.15, -0.1) is 11.8 Å². The van der Waals surface area contributed by atoms with Gasteiger partial charge in [0.2, 0.25) is 11.8 Å². The van der Waals surface area contributed by atoms with E-state index in [2.05, 4.69) is 10.6 Å². The molecule has 0 bridgehead atoms. The van der Waals surface area contributed by atoms with Gasteiger partial charge in [-0.25, -0.2) is 4.79 Å². The van der Waals surface area contributed by atoms with Crippen LogP contribution in [0.4, 0.5) is 0 Å². The maximum atomic E-state index is 15.1. The number of rotatable bonds is 64. The van der Waals surface area contributed by atoms with Crippen molar-refractivity contribution in [1.29, 1.82) is 0 Å². The molecule has 612 valence electrons. The maximum Gasteiger partial charge on any atom is 0.326 e. The molecule has 0 radical (unpaired) electrons. The first-order valence-electron chi connectivity index (χ1n) is 38.6. The van der Waals surface area contributed by atoms with Crippen molar-refractivity contribution in [2.24, 2.45) is 0 Å². The lowest BCUT2D eigenvalue weighted by Gasteiger charge is -2.35. The van der Waals surface area contributed by atoms with Gasteiger partial charge in [0.05, 0.1) is 210 Å². The summed E-state index contributed by atoms with van der Waals surface area (Å²) in [5.41, 5.74) is 1.80. The van der Waals surface area contributed by atoms with E-state index < -0.39 is 65.6 Å². The minimum absolute atomic E-state index is 0.0202. The third-order valence-corrected chi connectivity index (χ3v) is 19.7. The summed E-state index contributed by atoms with van der Waals surface area (Å²) in [5.74, 6) is -4.24. The van der Waals surface area contributed by atoms with Crippen molar-refractivity contribution in [2.75, 3.05) is 224 Å². The summed E-state index contributed by atoms with van der Waals surface area (Å²) in [6, 6.07) is 15.9. The average Bonchev–Trinajstić information content (AvgIpc) is 0.681. The highest BCUT2D eigenvalue weighted by Crippen LogP contribution is 2.52. The summed E-state index contributed by atoms with van der Waals surface area (Å²) in [6.07, 6.45) is 2.04. The number of aliphatic carboxylic acids is 1. The molecule has 6 aromatic carbocycles. The molecule has 3 N–H and O–H groups in total. The predicted molar refractivity (Wildman–Crippen MR) is 415 cm³/mol. The Morgan fingerprint density at radius 3 is 1.07 bits per heavy atom. The monoisotopic (exact) mass is 1570 g/mol. The Morgan fingerprint density at radius 2 is 0.721 bits per heavy atom. The number of benzene rings is 6. The molecule has 2 unspecified atom stereocenters. The van der Waals surface area contributed by atoms with Crippen LogP contribution in [0.1, 0.15) is 107 Å². The van der Waals surface area contributed by atoms with E-state index in [9.17, 15) is 33.9 Å². The number of nitrogens with zero attached hydrogens (tertiary/aromatic N) is 2. The molecule has 0 saturated heterocycles. The predicted octanol–water partition coefficient (Wildman–Crippen LogP) is 7.99. The summed E-state index contributed by atoms with van der Waals surface area (Å²) in [6.45, 7) is 22.4. The fourth-order valence-electron chi connectivity index (χ4n) is 13.1. The second kappa shape index (κ2) is 50.1. The van der Waals surface area contributed by atoms with E-state index in [-0.39, 0.29) is 49.7 Å². The Morgan fingerprint density at radius 1 is 0.387 bits per heavy atom. The van der Waals surface area contributed by atoms with Crippen LogP contribution in [0.25, 0.3) is 43.1 Å². The number of carboxylic acid groups (broad SMARTS) is 1. The average molecular weight is 1570 g/mol. The van der Waals surface area contributed by atoms with Crippen LogP contribution in [-0.2, 0) is 96.6 Å². The summed E-state index contributed by atoms with van der Waals surface area (Å²) in [4.78, 5) is 103. The molecule has 29 nitrogen and oxygen atoms in total. The molecule has 6 amide bonds. The molecule has 0 saturated carbocycles. The highest BCUT2D eigenvalue weighted by atomic mass is 32.2. The van der Waals surface area contributed by atoms with Crippen molar-refractivity contribution in [3.8, 4) is 5.75 Å². The SMILES string of the molecule is CCC(CC)N1C(=O)c2ccc3c4c(SCC(NC(C)=O)C(=O)NC(Cc5ccccc5)C(=O)O)cc5c6c(ccc(c7c(OCCOCCOCCOCCOCCOCCOCCOCCOCCOCCOCCOCCOCCOCCOCCOCCOC)cc(c2c37)C1=O)c64)C(=O)N(C(CC)CC)C5=O. The largest absolute Gasteiger partial charge is 0.490 e. The van der Waals surface area contributed by atoms with Gasteiger partial charge < -0.3 is 96.3 Å². The summed E-state index contributed by atoms with van der Waals surface area (Å²) in [7, 11) is 1.64. The fourth-order valence-corrected chi connectivity index (χ4v) is 14.2. The summed E-state index contributed by atoms with van der Waals surface area (Å²) < 4.78 is 95.3. The van der Waals surface area contributed by atoms with Crippen LogP contribution < -0.4 is 15.4 Å². The van der Waals surface area contributed by atoms with E-state index in [1.54, 1.807) is 61.7 Å². The van der Waals surface area contributed by atoms with Crippen LogP contribution in [0.3, 0.4) is 0 Å². The quantitative estimate of drug-likeness (QED) is 0.0107. The van der Waals surface area contributed by atoms with E-state index >= 15 is 4.79 Å². The Bertz CT molecular complexity index is 3840. The first-order valence-corrected chi connectivity index (χ1v) is 39.6. The molecule has 2 heterocycles. The Kier molecular flexibility index (Phi) is 40.4. The van der Waals surface area contributed by atoms with Crippen LogP contribution >= 0.6 is 11.8 Å². The molecule has 2 aliphatic rings. The van der Waals surface area contributed by atoms with Crippen LogP contribution in [0.2, 0.25) is 0 Å². The van der Waals surface area contributed by atoms with Crippen LogP contribution in [0.5, 0.6) is 5.75 Å². The molecule has 6 aromatic rings. The van der Waals surface area contributed by atoms with Crippen molar-refractivity contribution in [3.05, 3.63) is 94.5 Å². The minimum Gasteiger partial charge on any atom is -0.490 e. The highest BCUT2D eigenvalue weighted by molar-refractivity contribution is 7.99. The summed E-state index contributed by atoms with van der Waals surface area (Å²) in [5, 5.41) is 19.8. The number of imide groups is 2. The topological polar surface area (TPSA) is 327 Å². The van der Waals surface area contributed by atoms with Gasteiger partial charge in [0, 0.05) is 92.2 Å². The van der Waals surface area contributed by atoms with Crippen molar-refractivity contribution in [2.45, 2.75) is 95.8 Å². The number of nitrogens with one attached hydrogen (secondary N) is 2. The van der Waals surface area contributed by atoms with Gasteiger partial charge in [-0.1, -0.05) is 70.2 Å². The second-order valence-corrected chi connectivity index (χ2v) is 27.1. The van der Waals surface area contributed by atoms with E-state index in [4.69, 9.17) is 80.5 Å². The Balaban J connectivity index is 0.733. The normalized spacial score (nSPS) is 13.6. The third kappa shape index (κ3) is 26.7. The molecule has 0 aromatic heterocycles. The van der Waals surface area contributed by atoms with Crippen LogP contribution in [-0.4, -0.2) is 305 Å². The minimum atomic E-state index is -1.34. The molecule has 0 aliphatic carbocycles. The molecule has 8 rings (SSSR count). The zero-order chi connectivity index (χ0) is 79.0. The van der Waals surface area contributed by atoms with Gasteiger partial charge in [-0.2, -0.15) is 0 Å². The van der Waals surface area contributed by atoms with Crippen molar-refractivity contribution in [1.82, 2.24) is 20.4 Å². The second-order valence-electron chi connectivity index (χ2n) is 26.0. The van der Waals surface area contributed by atoms with E-state index in [0.717, 1.165) is 11.8 Å². The number of thioether (sulfide) groups is 1. The van der Waals surface area contributed by atoms with Gasteiger partial charge in [0.15, 0.2) is 0 Å². The number of carbonyl (C=O) groups excluding carboxylic acids is 6. The van der Waals surface area contributed by atoms with Gasteiger partial charge in [0.25, 0.3) is 23.6 Å². The Hall–Kier alpha value is -7.18. The highest BCUT2D eigenvalue weighted by Gasteiger charge is 2.42. The number of carboxylic acids is 1. The van der Waals surface area contributed by atoms with Crippen molar-refractivity contribution in [3.63, 3.8) is 0 Å². The smallest absolute Gasteiger partial charge is 0.326 e. The lowest BCUT2D eigenvalue weighted by atomic mass is 9.81. The van der Waals surface area contributed by atoms with Crippen molar-refractivity contribution < 1.29 is 119 Å². The first kappa shape index (κ1) is 89.4. The first-order chi connectivity index (χ1) is 54.3. The maximum absolute atomic E-state index is 15.1. The Labute approximate surface area is 653 Å². The zero-order valence-electron chi connectivity index (χ0n) is 65.1. The molecule has 0 spiro atoms. The van der Waals surface area contributed by atoms with Gasteiger partial charge in [0.1, 0.15) is 24.4 Å². The fraction of sp³-hybridized carbons (Fsp3) is 0.593. The van der Waals surface area contributed by atoms with E-state index in [1.807, 2.05) is 39.8 Å². The lowest BCUT2D eigenvalue weighted by molar-refractivity contribution is -0.142. The zero-order valence-corrected chi connectivity index (χ0v) is 65.9. The lowest BCUT2D eigenvalue weighted by Crippen LogP contribution is -2.53. The number of fused-ring (bicyclic) bond motifs is 2. The standard InChI is InChI=1S/C81H112N4O25S/c1-7-58(8-2)84-77(88)62-19-17-61-73-69(111-55-67(82-56(5)86)76(87)83-66(81(92)93)52-57-14-12-11-13-15-57)54-65-71-63(78(89)85(80(65)91)59(9-3)10-4)18-16-60(75(71)73)72-68(53-64(79(84)90)70(62)74(61)72)110-51-50-109-49-48-108-47-46-107-45-44-106-43-42-105-41-40-104-39-38-103-37-36-102-35-34-101-33-32-100-31-30-99-29-28-98-27-26-97-25-24-96-23-22-95-21-20-94-6/h11-19,53-54,58-59,66-67H,7-10,20-52,55H2,1-6H3,(H,82,86)(H,83,87)(H,92,93). The van der Waals surface area contributed by atoms with Gasteiger partial charge in [-0.3, -0.25) is 38.6 Å². The van der Waals surface area contributed by atoms with Gasteiger partial charge in [-0.05, 0) is 66.3 Å².